The van der Waals surface area contributed by atoms with Crippen LogP contribution in [-0.2, 0) is 13.6 Å². The third-order valence-corrected chi connectivity index (χ3v) is 15.9. The van der Waals surface area contributed by atoms with Crippen LogP contribution in [0.25, 0.3) is 0 Å². The van der Waals surface area contributed by atoms with E-state index in [0.29, 0.717) is 11.5 Å². The maximum atomic E-state index is 12.1. The zero-order valence-electron chi connectivity index (χ0n) is 21.5. The Balaban J connectivity index is 3.58. The van der Waals surface area contributed by atoms with E-state index in [1.54, 1.807) is 0 Å². The number of hydrogen-bond donors (Lipinski definition) is 0. The monoisotopic (exact) mass is 444 g/mol. The van der Waals surface area contributed by atoms with Crippen molar-refractivity contribution in [2.45, 2.75) is 142 Å². The number of rotatable bonds is 14. The van der Waals surface area contributed by atoms with E-state index in [0.717, 1.165) is 19.4 Å². The molecule has 0 aliphatic carbocycles. The number of hydrogen-bond acceptors (Lipinski definition) is 3. The van der Waals surface area contributed by atoms with Crippen molar-refractivity contribution >= 4 is 22.6 Å². The van der Waals surface area contributed by atoms with Crippen molar-refractivity contribution in [3.63, 3.8) is 0 Å². The Morgan fingerprint density at radius 1 is 0.621 bits per heavy atom. The summed E-state index contributed by atoms with van der Waals surface area (Å²) in [7, 11) is -3.51. The van der Waals surface area contributed by atoms with E-state index in [1.165, 1.54) is 44.9 Å². The summed E-state index contributed by atoms with van der Waals surface area (Å²) in [6.07, 6.45) is 11.7. The Hall–Kier alpha value is -0.136. The lowest BCUT2D eigenvalue weighted by Gasteiger charge is -2.36. The Labute approximate surface area is 185 Å². The van der Waals surface area contributed by atoms with Crippen molar-refractivity contribution in [2.75, 3.05) is 6.61 Å². The van der Waals surface area contributed by atoms with Crippen molar-refractivity contribution in [3.8, 4) is 0 Å². The van der Waals surface area contributed by atoms with E-state index in [2.05, 4.69) is 67.7 Å². The molecule has 0 saturated heterocycles. The summed E-state index contributed by atoms with van der Waals surface area (Å²) in [6, 6.07) is 0. The van der Waals surface area contributed by atoms with E-state index in [1.807, 2.05) is 0 Å². The van der Waals surface area contributed by atoms with Crippen LogP contribution in [-0.4, -0.2) is 29.2 Å². The third-order valence-electron chi connectivity index (χ3n) is 6.97. The summed E-state index contributed by atoms with van der Waals surface area (Å²) in [6.45, 7) is 23.3. The van der Waals surface area contributed by atoms with Gasteiger partial charge in [-0.1, -0.05) is 86.5 Å². The normalized spacial score (nSPS) is 13.6. The molecular weight excluding hydrogens is 392 g/mol. The summed E-state index contributed by atoms with van der Waals surface area (Å²) in [4.78, 5) is 12.1. The average Bonchev–Trinajstić information content (AvgIpc) is 2.53. The molecule has 0 aliphatic heterocycles. The molecule has 0 aromatic carbocycles. The van der Waals surface area contributed by atoms with Crippen LogP contribution in [0.4, 0.5) is 0 Å². The standard InChI is InChI=1S/C24H52O3Si2/c1-23(2,3)28(7,8)26-21-19-17-15-13-11-12-14-16-18-20-22(25)27-29(9,10)24(4,5)6/h11-21H2,1-10H3. The Morgan fingerprint density at radius 3 is 1.41 bits per heavy atom. The molecule has 0 heterocycles. The Bertz CT molecular complexity index is 460. The van der Waals surface area contributed by atoms with Crippen molar-refractivity contribution in [2.24, 2.45) is 0 Å². The van der Waals surface area contributed by atoms with Crippen LogP contribution in [0.3, 0.4) is 0 Å². The lowest BCUT2D eigenvalue weighted by Crippen LogP contribution is -2.42. The average molecular weight is 445 g/mol. The zero-order valence-corrected chi connectivity index (χ0v) is 23.5. The summed E-state index contributed by atoms with van der Waals surface area (Å²) in [5.41, 5.74) is 0. The topological polar surface area (TPSA) is 35.5 Å². The van der Waals surface area contributed by atoms with Gasteiger partial charge in [0, 0.05) is 13.0 Å². The van der Waals surface area contributed by atoms with Crippen LogP contribution in [0.5, 0.6) is 0 Å². The molecule has 3 nitrogen and oxygen atoms in total. The molecule has 0 radical (unpaired) electrons. The van der Waals surface area contributed by atoms with Crippen molar-refractivity contribution in [1.82, 2.24) is 0 Å². The van der Waals surface area contributed by atoms with Gasteiger partial charge in [-0.15, -0.1) is 0 Å². The van der Waals surface area contributed by atoms with Crippen LogP contribution in [0, 0.1) is 0 Å². The zero-order chi connectivity index (χ0) is 22.8. The van der Waals surface area contributed by atoms with Crippen LogP contribution in [0.1, 0.15) is 106 Å². The molecule has 0 saturated carbocycles. The van der Waals surface area contributed by atoms with Gasteiger partial charge in [-0.05, 0) is 49.1 Å². The number of unbranched alkanes of at least 4 members (excludes halogenated alkanes) is 8. The van der Waals surface area contributed by atoms with E-state index in [4.69, 9.17) is 8.85 Å². The molecule has 0 unspecified atom stereocenters. The second kappa shape index (κ2) is 12.7. The van der Waals surface area contributed by atoms with E-state index in [9.17, 15) is 4.79 Å². The minimum Gasteiger partial charge on any atom is -0.519 e. The van der Waals surface area contributed by atoms with Gasteiger partial charge in [0.2, 0.25) is 0 Å². The quantitative estimate of drug-likeness (QED) is 0.199. The molecular formula is C24H52O3Si2. The van der Waals surface area contributed by atoms with Crippen molar-refractivity contribution in [3.05, 3.63) is 0 Å². The predicted molar refractivity (Wildman–Crippen MR) is 133 cm³/mol. The summed E-state index contributed by atoms with van der Waals surface area (Å²) in [5.74, 6) is 0.0107. The molecule has 0 N–H and O–H groups in total. The molecule has 29 heavy (non-hydrogen) atoms. The first kappa shape index (κ1) is 28.9. The van der Waals surface area contributed by atoms with Gasteiger partial charge >= 0.3 is 0 Å². The molecule has 174 valence electrons. The van der Waals surface area contributed by atoms with Gasteiger partial charge in [-0.3, -0.25) is 4.79 Å². The lowest BCUT2D eigenvalue weighted by atomic mass is 10.1. The molecule has 5 heteroatoms. The highest BCUT2D eigenvalue weighted by atomic mass is 28.4. The second-order valence-electron chi connectivity index (χ2n) is 11.8. The minimum atomic E-state index is -1.94. The molecule has 0 rings (SSSR count). The summed E-state index contributed by atoms with van der Waals surface area (Å²) >= 11 is 0. The Morgan fingerprint density at radius 2 is 1.00 bits per heavy atom. The number of carbonyl (C=O) groups excluding carboxylic acids is 1. The highest BCUT2D eigenvalue weighted by molar-refractivity contribution is 6.75. The first-order valence-corrected chi connectivity index (χ1v) is 17.8. The fourth-order valence-corrected chi connectivity index (χ4v) is 4.71. The van der Waals surface area contributed by atoms with E-state index >= 15 is 0 Å². The van der Waals surface area contributed by atoms with Crippen LogP contribution < -0.4 is 0 Å². The van der Waals surface area contributed by atoms with Gasteiger partial charge in [-0.2, -0.15) is 0 Å². The van der Waals surface area contributed by atoms with Gasteiger partial charge in [0.25, 0.3) is 14.3 Å². The maximum absolute atomic E-state index is 12.1. The fraction of sp³-hybridized carbons (Fsp3) is 0.958. The molecule has 0 amide bonds. The Kier molecular flexibility index (Phi) is 12.6. The van der Waals surface area contributed by atoms with Gasteiger partial charge in [0.1, 0.15) is 0 Å². The van der Waals surface area contributed by atoms with E-state index < -0.39 is 16.6 Å². The highest BCUT2D eigenvalue weighted by Gasteiger charge is 2.40. The summed E-state index contributed by atoms with van der Waals surface area (Å²) in [5, 5.41) is 0.411. The van der Waals surface area contributed by atoms with Crippen LogP contribution in [0.2, 0.25) is 36.3 Å². The van der Waals surface area contributed by atoms with Gasteiger partial charge in [-0.25, -0.2) is 0 Å². The largest absolute Gasteiger partial charge is 0.519 e. The lowest BCUT2D eigenvalue weighted by molar-refractivity contribution is -0.135. The first-order chi connectivity index (χ1) is 13.1. The molecule has 0 spiro atoms. The van der Waals surface area contributed by atoms with Crippen molar-refractivity contribution in [1.29, 1.82) is 0 Å². The molecule has 0 fully saturated rings. The van der Waals surface area contributed by atoms with Crippen LogP contribution >= 0.6 is 0 Å². The summed E-state index contributed by atoms with van der Waals surface area (Å²) < 4.78 is 12.1. The highest BCUT2D eigenvalue weighted by Crippen LogP contribution is 2.37. The smallest absolute Gasteiger partial charge is 0.292 e. The van der Waals surface area contributed by atoms with E-state index in [-0.39, 0.29) is 11.0 Å². The molecule has 0 bridgehead atoms. The third kappa shape index (κ3) is 12.3. The van der Waals surface area contributed by atoms with Crippen molar-refractivity contribution < 1.29 is 13.6 Å². The molecule has 0 aliphatic rings. The van der Waals surface area contributed by atoms with Crippen LogP contribution in [0.15, 0.2) is 0 Å². The fourth-order valence-electron chi connectivity index (χ4n) is 2.64. The SMILES string of the molecule is CC(C)(C)[Si](C)(C)OCCCCCCCCCCCC(=O)O[Si](C)(C)C(C)(C)C. The minimum absolute atomic E-state index is 0.0107. The van der Waals surface area contributed by atoms with Gasteiger partial charge in [0.05, 0.1) is 0 Å². The second-order valence-corrected chi connectivity index (χ2v) is 21.3. The molecule has 0 aromatic rings. The van der Waals surface area contributed by atoms with Gasteiger partial charge < -0.3 is 8.85 Å². The molecule has 0 atom stereocenters. The first-order valence-electron chi connectivity index (χ1n) is 12.0. The van der Waals surface area contributed by atoms with Gasteiger partial charge in [0.15, 0.2) is 8.32 Å². The predicted octanol–water partition coefficient (Wildman–Crippen LogP) is 8.46. The maximum Gasteiger partial charge on any atom is 0.292 e. The molecule has 0 aromatic heterocycles. The number of carbonyl (C=O) groups is 1.